The lowest BCUT2D eigenvalue weighted by Crippen LogP contribution is -2.07. The molecule has 0 aliphatic carbocycles. The molecule has 0 aliphatic rings. The van der Waals surface area contributed by atoms with Crippen molar-refractivity contribution in [2.24, 2.45) is 5.16 Å². The van der Waals surface area contributed by atoms with Gasteiger partial charge in [-0.2, -0.15) is 0 Å². The topological polar surface area (TPSA) is 59.9 Å². The van der Waals surface area contributed by atoms with Gasteiger partial charge in [0.25, 0.3) is 0 Å². The van der Waals surface area contributed by atoms with Crippen LogP contribution in [0, 0.1) is 0 Å². The van der Waals surface area contributed by atoms with E-state index >= 15 is 0 Å². The molecule has 24 heavy (non-hydrogen) atoms. The van der Waals surface area contributed by atoms with Crippen LogP contribution in [0.1, 0.15) is 19.4 Å². The fourth-order valence-electron chi connectivity index (χ4n) is 1.95. The maximum atomic E-state index is 11.0. The second-order valence-corrected chi connectivity index (χ2v) is 5.51. The predicted molar refractivity (Wildman–Crippen MR) is 95.9 cm³/mol. The SMILES string of the molecule is CC(=O)Nc1ccc(/C(C)=N/OCCOc2cccc(Cl)c2)cc1. The van der Waals surface area contributed by atoms with Crippen molar-refractivity contribution in [1.29, 1.82) is 0 Å². The molecule has 0 aromatic heterocycles. The Labute approximate surface area is 146 Å². The first-order chi connectivity index (χ1) is 11.5. The van der Waals surface area contributed by atoms with Gasteiger partial charge in [0.1, 0.15) is 12.4 Å². The summed E-state index contributed by atoms with van der Waals surface area (Å²) in [6.45, 7) is 4.03. The molecule has 1 N–H and O–H groups in total. The molecule has 2 aromatic carbocycles. The highest BCUT2D eigenvalue weighted by Gasteiger charge is 2.00. The fourth-order valence-corrected chi connectivity index (χ4v) is 2.13. The molecular formula is C18H19ClN2O3. The van der Waals surface area contributed by atoms with Gasteiger partial charge in [0, 0.05) is 17.6 Å². The molecule has 5 nitrogen and oxygen atoms in total. The number of nitrogens with one attached hydrogen (secondary N) is 1. The Balaban J connectivity index is 1.78. The van der Waals surface area contributed by atoms with E-state index in [4.69, 9.17) is 21.2 Å². The maximum absolute atomic E-state index is 11.0. The highest BCUT2D eigenvalue weighted by molar-refractivity contribution is 6.30. The first kappa shape index (κ1) is 17.8. The van der Waals surface area contributed by atoms with Crippen LogP contribution in [0.5, 0.6) is 5.75 Å². The normalized spacial score (nSPS) is 11.0. The van der Waals surface area contributed by atoms with Crippen molar-refractivity contribution in [2.75, 3.05) is 18.5 Å². The average molecular weight is 347 g/mol. The summed E-state index contributed by atoms with van der Waals surface area (Å²) in [5.41, 5.74) is 2.40. The van der Waals surface area contributed by atoms with Crippen molar-refractivity contribution < 1.29 is 14.4 Å². The third kappa shape index (κ3) is 5.93. The largest absolute Gasteiger partial charge is 0.490 e. The van der Waals surface area contributed by atoms with Gasteiger partial charge in [0.2, 0.25) is 5.91 Å². The molecule has 2 rings (SSSR count). The van der Waals surface area contributed by atoms with Gasteiger partial charge in [-0.1, -0.05) is 35.0 Å². The number of hydrogen-bond donors (Lipinski definition) is 1. The number of carbonyl (C=O) groups is 1. The van der Waals surface area contributed by atoms with Gasteiger partial charge < -0.3 is 14.9 Å². The van der Waals surface area contributed by atoms with Crippen LogP contribution >= 0.6 is 11.6 Å². The van der Waals surface area contributed by atoms with Crippen molar-refractivity contribution in [3.05, 3.63) is 59.1 Å². The van der Waals surface area contributed by atoms with Gasteiger partial charge in [0.05, 0.1) is 5.71 Å². The lowest BCUT2D eigenvalue weighted by Gasteiger charge is -2.07. The molecule has 0 atom stereocenters. The van der Waals surface area contributed by atoms with E-state index in [0.717, 1.165) is 17.0 Å². The molecule has 126 valence electrons. The molecule has 2 aromatic rings. The van der Waals surface area contributed by atoms with Crippen LogP contribution in [0.3, 0.4) is 0 Å². The fraction of sp³-hybridized carbons (Fsp3) is 0.222. The third-order valence-corrected chi connectivity index (χ3v) is 3.30. The Bertz CT molecular complexity index is 714. The van der Waals surface area contributed by atoms with Crippen LogP contribution in [-0.2, 0) is 9.63 Å². The molecule has 0 radical (unpaired) electrons. The first-order valence-corrected chi connectivity index (χ1v) is 7.85. The quantitative estimate of drug-likeness (QED) is 0.466. The number of nitrogens with zero attached hydrogens (tertiary/aromatic N) is 1. The smallest absolute Gasteiger partial charge is 0.221 e. The Kier molecular flexibility index (Phi) is 6.63. The molecule has 0 unspecified atom stereocenters. The second-order valence-electron chi connectivity index (χ2n) is 5.07. The van der Waals surface area contributed by atoms with E-state index in [9.17, 15) is 4.79 Å². The summed E-state index contributed by atoms with van der Waals surface area (Å²) in [5, 5.41) is 7.40. The number of amides is 1. The summed E-state index contributed by atoms with van der Waals surface area (Å²) in [6, 6.07) is 14.6. The minimum absolute atomic E-state index is 0.101. The van der Waals surface area contributed by atoms with Crippen LogP contribution in [0.25, 0.3) is 0 Å². The van der Waals surface area contributed by atoms with E-state index in [2.05, 4.69) is 10.5 Å². The van der Waals surface area contributed by atoms with E-state index in [0.29, 0.717) is 24.0 Å². The van der Waals surface area contributed by atoms with Crippen molar-refractivity contribution in [3.63, 3.8) is 0 Å². The van der Waals surface area contributed by atoms with Crippen molar-refractivity contribution in [2.45, 2.75) is 13.8 Å². The number of benzene rings is 2. The molecule has 0 aliphatic heterocycles. The minimum atomic E-state index is -0.101. The van der Waals surface area contributed by atoms with E-state index in [1.165, 1.54) is 6.92 Å². The molecule has 0 bridgehead atoms. The second kappa shape index (κ2) is 8.93. The lowest BCUT2D eigenvalue weighted by molar-refractivity contribution is -0.114. The van der Waals surface area contributed by atoms with Crippen LogP contribution in [0.4, 0.5) is 5.69 Å². The molecule has 0 fully saturated rings. The Morgan fingerprint density at radius 2 is 1.88 bits per heavy atom. The van der Waals surface area contributed by atoms with Crippen LogP contribution in [0.2, 0.25) is 5.02 Å². The number of ether oxygens (including phenoxy) is 1. The number of oxime groups is 1. The van der Waals surface area contributed by atoms with Gasteiger partial charge in [-0.3, -0.25) is 4.79 Å². The van der Waals surface area contributed by atoms with Crippen molar-refractivity contribution in [1.82, 2.24) is 0 Å². The number of halogens is 1. The number of carbonyl (C=O) groups excluding carboxylic acids is 1. The number of rotatable bonds is 7. The zero-order valence-corrected chi connectivity index (χ0v) is 14.3. The molecule has 0 spiro atoms. The van der Waals surface area contributed by atoms with Crippen molar-refractivity contribution in [3.8, 4) is 5.75 Å². The molecule has 6 heteroatoms. The Morgan fingerprint density at radius 3 is 2.54 bits per heavy atom. The zero-order valence-electron chi connectivity index (χ0n) is 13.6. The van der Waals surface area contributed by atoms with E-state index in [1.807, 2.05) is 43.3 Å². The molecule has 0 heterocycles. The summed E-state index contributed by atoms with van der Waals surface area (Å²) >= 11 is 5.88. The van der Waals surface area contributed by atoms with Gasteiger partial charge in [-0.05, 0) is 42.8 Å². The van der Waals surface area contributed by atoms with Crippen LogP contribution in [-0.4, -0.2) is 24.8 Å². The first-order valence-electron chi connectivity index (χ1n) is 7.47. The Hall–Kier alpha value is -2.53. The third-order valence-electron chi connectivity index (χ3n) is 3.06. The summed E-state index contributed by atoms with van der Waals surface area (Å²) in [5.74, 6) is 0.594. The highest BCUT2D eigenvalue weighted by Crippen LogP contribution is 2.16. The van der Waals surface area contributed by atoms with Gasteiger partial charge >= 0.3 is 0 Å². The lowest BCUT2D eigenvalue weighted by atomic mass is 10.1. The minimum Gasteiger partial charge on any atom is -0.490 e. The van der Waals surface area contributed by atoms with E-state index in [1.54, 1.807) is 12.1 Å². The summed E-state index contributed by atoms with van der Waals surface area (Å²) in [6.07, 6.45) is 0. The number of anilines is 1. The molecular weight excluding hydrogens is 328 g/mol. The highest BCUT2D eigenvalue weighted by atomic mass is 35.5. The molecule has 0 saturated carbocycles. The predicted octanol–water partition coefficient (Wildman–Crippen LogP) is 4.12. The number of hydrogen-bond acceptors (Lipinski definition) is 4. The Morgan fingerprint density at radius 1 is 1.12 bits per heavy atom. The molecule has 0 saturated heterocycles. The van der Waals surface area contributed by atoms with Crippen LogP contribution < -0.4 is 10.1 Å². The molecule has 1 amide bonds. The summed E-state index contributed by atoms with van der Waals surface area (Å²) < 4.78 is 5.51. The zero-order chi connectivity index (χ0) is 17.4. The van der Waals surface area contributed by atoms with Gasteiger partial charge in [-0.15, -0.1) is 0 Å². The van der Waals surface area contributed by atoms with Gasteiger partial charge in [-0.25, -0.2) is 0 Å². The van der Waals surface area contributed by atoms with Crippen LogP contribution in [0.15, 0.2) is 53.7 Å². The standard InChI is InChI=1S/C18H19ClN2O3/c1-13(15-6-8-17(9-7-15)20-14(2)22)21-24-11-10-23-18-5-3-4-16(19)12-18/h3-9,12H,10-11H2,1-2H3,(H,20,22)/b21-13+. The van der Waals surface area contributed by atoms with E-state index in [-0.39, 0.29) is 5.91 Å². The van der Waals surface area contributed by atoms with Gasteiger partial charge in [0.15, 0.2) is 6.61 Å². The maximum Gasteiger partial charge on any atom is 0.221 e. The monoisotopic (exact) mass is 346 g/mol. The van der Waals surface area contributed by atoms with Crippen molar-refractivity contribution >= 4 is 28.9 Å². The summed E-state index contributed by atoms with van der Waals surface area (Å²) in [7, 11) is 0. The average Bonchev–Trinajstić information content (AvgIpc) is 2.54. The van der Waals surface area contributed by atoms with E-state index < -0.39 is 0 Å². The summed E-state index contributed by atoms with van der Waals surface area (Å²) in [4.78, 5) is 16.2.